The predicted molar refractivity (Wildman–Crippen MR) is 81.4 cm³/mol. The van der Waals surface area contributed by atoms with Crippen LogP contribution in [-0.2, 0) is 14.8 Å². The maximum Gasteiger partial charge on any atom is 0.238 e. The van der Waals surface area contributed by atoms with E-state index >= 15 is 0 Å². The fraction of sp³-hybridized carbons (Fsp3) is 0.462. The van der Waals surface area contributed by atoms with Crippen molar-refractivity contribution in [1.29, 1.82) is 0 Å². The van der Waals surface area contributed by atoms with Gasteiger partial charge in [-0.05, 0) is 38.0 Å². The number of carbonyl (C=O) groups is 1. The average molecular weight is 332 g/mol. The Kier molecular flexibility index (Phi) is 4.30. The fourth-order valence-corrected chi connectivity index (χ4v) is 3.22. The Morgan fingerprint density at radius 2 is 2.14 bits per heavy atom. The van der Waals surface area contributed by atoms with E-state index in [0.717, 1.165) is 12.8 Å². The summed E-state index contributed by atoms with van der Waals surface area (Å²) in [6, 6.07) is 3.70. The molecule has 5 N–H and O–H groups in total. The van der Waals surface area contributed by atoms with Gasteiger partial charge in [-0.2, -0.15) is 0 Å². The molecule has 1 aliphatic carbocycles. The predicted octanol–water partition coefficient (Wildman–Crippen LogP) is 1.44. The van der Waals surface area contributed by atoms with Crippen molar-refractivity contribution in [3.63, 3.8) is 0 Å². The molecule has 0 radical (unpaired) electrons. The maximum absolute atomic E-state index is 12.4. The van der Waals surface area contributed by atoms with E-state index in [0.29, 0.717) is 6.42 Å². The van der Waals surface area contributed by atoms with E-state index in [4.69, 9.17) is 22.5 Å². The molecule has 8 heteroatoms. The summed E-state index contributed by atoms with van der Waals surface area (Å²) in [7, 11) is -3.86. The highest BCUT2D eigenvalue weighted by molar-refractivity contribution is 7.89. The van der Waals surface area contributed by atoms with Gasteiger partial charge >= 0.3 is 0 Å². The highest BCUT2D eigenvalue weighted by Crippen LogP contribution is 2.38. The molecule has 116 valence electrons. The van der Waals surface area contributed by atoms with E-state index in [9.17, 15) is 13.2 Å². The molecule has 21 heavy (non-hydrogen) atoms. The van der Waals surface area contributed by atoms with Crippen molar-refractivity contribution < 1.29 is 13.2 Å². The lowest BCUT2D eigenvalue weighted by Crippen LogP contribution is -2.44. The van der Waals surface area contributed by atoms with Gasteiger partial charge in [0.2, 0.25) is 15.9 Å². The van der Waals surface area contributed by atoms with Crippen LogP contribution in [0.4, 0.5) is 5.69 Å². The average Bonchev–Trinajstić information content (AvgIpc) is 2.72. The second-order valence-electron chi connectivity index (χ2n) is 5.56. The Morgan fingerprint density at radius 3 is 2.67 bits per heavy atom. The van der Waals surface area contributed by atoms with Gasteiger partial charge in [0.25, 0.3) is 0 Å². The van der Waals surface area contributed by atoms with Crippen LogP contribution in [-0.4, -0.2) is 20.4 Å². The minimum Gasteiger partial charge on any atom is -0.327 e. The van der Waals surface area contributed by atoms with Gasteiger partial charge in [-0.25, -0.2) is 13.6 Å². The molecule has 0 heterocycles. The lowest BCUT2D eigenvalue weighted by molar-refractivity contribution is -0.125. The first kappa shape index (κ1) is 16.2. The summed E-state index contributed by atoms with van der Waals surface area (Å²) in [5.41, 5.74) is 5.53. The number of amides is 1. The molecule has 1 amide bonds. The summed E-state index contributed by atoms with van der Waals surface area (Å²) in [5, 5.41) is 7.98. The number of nitrogens with two attached hydrogens (primary N) is 2. The van der Waals surface area contributed by atoms with Gasteiger partial charge in [-0.1, -0.05) is 18.0 Å². The van der Waals surface area contributed by atoms with E-state index in [2.05, 4.69) is 5.32 Å². The van der Waals surface area contributed by atoms with E-state index in [1.54, 1.807) is 6.92 Å². The summed E-state index contributed by atoms with van der Waals surface area (Å²) >= 11 is 6.00. The molecule has 0 aromatic heterocycles. The molecule has 0 saturated heterocycles. The van der Waals surface area contributed by atoms with Crippen LogP contribution < -0.4 is 16.2 Å². The van der Waals surface area contributed by atoms with Crippen LogP contribution in [0.15, 0.2) is 23.1 Å². The van der Waals surface area contributed by atoms with Crippen LogP contribution >= 0.6 is 11.6 Å². The Balaban J connectivity index is 2.29. The fourth-order valence-electron chi connectivity index (χ4n) is 2.52. The van der Waals surface area contributed by atoms with Gasteiger partial charge in [-0.15, -0.1) is 0 Å². The molecule has 1 fully saturated rings. The third kappa shape index (κ3) is 3.21. The van der Waals surface area contributed by atoms with Crippen LogP contribution in [0.5, 0.6) is 0 Å². The second-order valence-corrected chi connectivity index (χ2v) is 7.53. The molecule has 0 bridgehead atoms. The number of carbonyl (C=O) groups excluding carboxylic acids is 1. The largest absolute Gasteiger partial charge is 0.327 e. The number of hydrogen-bond donors (Lipinski definition) is 3. The molecular weight excluding hydrogens is 314 g/mol. The number of nitrogens with one attached hydrogen (secondary N) is 1. The zero-order valence-corrected chi connectivity index (χ0v) is 13.2. The third-order valence-electron chi connectivity index (χ3n) is 4.06. The molecule has 2 rings (SSSR count). The van der Waals surface area contributed by atoms with Crippen molar-refractivity contribution in [3.05, 3.63) is 23.2 Å². The van der Waals surface area contributed by atoms with Crippen molar-refractivity contribution in [3.8, 4) is 0 Å². The van der Waals surface area contributed by atoms with Crippen LogP contribution in [0.1, 0.15) is 26.2 Å². The van der Waals surface area contributed by atoms with Crippen molar-refractivity contribution in [2.75, 3.05) is 5.32 Å². The van der Waals surface area contributed by atoms with Crippen molar-refractivity contribution in [2.45, 2.75) is 37.1 Å². The van der Waals surface area contributed by atoms with E-state index in [1.807, 2.05) is 0 Å². The number of rotatable bonds is 3. The molecule has 1 aromatic rings. The standard InChI is InChI=1S/C13H18ClN3O3S/c1-13(6-2-3-11(13)15)12(18)17-10-7-8(21(16,19)20)4-5-9(10)14/h4-5,7,11H,2-3,6,15H2,1H3,(H,17,18)(H2,16,19,20). The van der Waals surface area contributed by atoms with Gasteiger partial charge in [-0.3, -0.25) is 4.79 Å². The zero-order chi connectivity index (χ0) is 15.8. The number of sulfonamides is 1. The van der Waals surface area contributed by atoms with Crippen LogP contribution in [0, 0.1) is 5.41 Å². The smallest absolute Gasteiger partial charge is 0.238 e. The Hall–Kier alpha value is -1.15. The van der Waals surface area contributed by atoms with Crippen molar-refractivity contribution >= 4 is 33.2 Å². The molecule has 0 aliphatic heterocycles. The number of primary sulfonamides is 1. The Labute approximate surface area is 128 Å². The minimum absolute atomic E-state index is 0.108. The number of anilines is 1. The topological polar surface area (TPSA) is 115 Å². The SMILES string of the molecule is CC1(C(=O)Nc2cc(S(N)(=O)=O)ccc2Cl)CCCC1N. The molecule has 2 unspecified atom stereocenters. The molecule has 2 atom stereocenters. The molecule has 1 aliphatic rings. The van der Waals surface area contributed by atoms with E-state index in [1.165, 1.54) is 18.2 Å². The van der Waals surface area contributed by atoms with Gasteiger partial charge in [0.1, 0.15) is 0 Å². The molecular formula is C13H18ClN3O3S. The summed E-state index contributed by atoms with van der Waals surface area (Å²) in [5.74, 6) is -0.263. The second kappa shape index (κ2) is 5.57. The van der Waals surface area contributed by atoms with Crippen LogP contribution in [0.2, 0.25) is 5.02 Å². The lowest BCUT2D eigenvalue weighted by atomic mass is 9.84. The Bertz CT molecular complexity index is 677. The zero-order valence-electron chi connectivity index (χ0n) is 11.6. The Morgan fingerprint density at radius 1 is 1.48 bits per heavy atom. The van der Waals surface area contributed by atoms with Crippen molar-refractivity contribution in [1.82, 2.24) is 0 Å². The van der Waals surface area contributed by atoms with Gasteiger partial charge in [0, 0.05) is 6.04 Å². The summed E-state index contributed by atoms with van der Waals surface area (Å²) in [6.07, 6.45) is 2.36. The molecule has 1 saturated carbocycles. The van der Waals surface area contributed by atoms with Crippen LogP contribution in [0.3, 0.4) is 0 Å². The number of halogens is 1. The third-order valence-corrected chi connectivity index (χ3v) is 5.30. The highest BCUT2D eigenvalue weighted by atomic mass is 35.5. The molecule has 6 nitrogen and oxygen atoms in total. The maximum atomic E-state index is 12.4. The molecule has 1 aromatic carbocycles. The first-order chi connectivity index (χ1) is 9.64. The minimum atomic E-state index is -3.86. The van der Waals surface area contributed by atoms with Gasteiger partial charge in [0.15, 0.2) is 0 Å². The van der Waals surface area contributed by atoms with Gasteiger partial charge < -0.3 is 11.1 Å². The monoisotopic (exact) mass is 331 g/mol. The number of benzene rings is 1. The van der Waals surface area contributed by atoms with Crippen molar-refractivity contribution in [2.24, 2.45) is 16.3 Å². The summed E-state index contributed by atoms with van der Waals surface area (Å²) in [6.45, 7) is 1.80. The van der Waals surface area contributed by atoms with E-state index in [-0.39, 0.29) is 27.6 Å². The first-order valence-corrected chi connectivity index (χ1v) is 8.46. The van der Waals surface area contributed by atoms with E-state index < -0.39 is 15.4 Å². The van der Waals surface area contributed by atoms with Gasteiger partial charge in [0.05, 0.1) is 21.0 Å². The molecule has 0 spiro atoms. The summed E-state index contributed by atoms with van der Waals surface area (Å²) < 4.78 is 22.7. The van der Waals surface area contributed by atoms with Crippen LogP contribution in [0.25, 0.3) is 0 Å². The highest BCUT2D eigenvalue weighted by Gasteiger charge is 2.43. The summed E-state index contributed by atoms with van der Waals surface area (Å²) in [4.78, 5) is 12.3. The lowest BCUT2D eigenvalue weighted by Gasteiger charge is -2.27. The quantitative estimate of drug-likeness (QED) is 0.777. The normalized spacial score (nSPS) is 25.8. The first-order valence-electron chi connectivity index (χ1n) is 6.54. The number of hydrogen-bond acceptors (Lipinski definition) is 4.